The number of carbonyl (C=O) groups is 1. The highest BCUT2D eigenvalue weighted by molar-refractivity contribution is 6.00. The lowest BCUT2D eigenvalue weighted by molar-refractivity contribution is 0.0449. The normalized spacial score (nSPS) is 10.5. The Hall–Kier alpha value is -4.19. The first kappa shape index (κ1) is 20.1. The van der Waals surface area contributed by atoms with Gasteiger partial charge in [-0.25, -0.2) is 9.89 Å². The SMILES string of the molecule is O=C(OCCOc1ccccc1)c1c(-c2ccccc2)c(-c2ccccc2)n[nH]c1=O. The number of H-pyrrole nitrogens is 1. The fraction of sp³-hybridized carbons (Fsp3) is 0.0800. The average Bonchev–Trinajstić information content (AvgIpc) is 2.83. The zero-order valence-corrected chi connectivity index (χ0v) is 16.7. The summed E-state index contributed by atoms with van der Waals surface area (Å²) in [6.45, 7) is 0.176. The molecule has 1 aromatic heterocycles. The smallest absolute Gasteiger partial charge is 0.344 e. The third-order valence-corrected chi connectivity index (χ3v) is 4.63. The predicted octanol–water partition coefficient (Wildman–Crippen LogP) is 4.34. The van der Waals surface area contributed by atoms with Gasteiger partial charge < -0.3 is 9.47 Å². The van der Waals surface area contributed by atoms with Crippen LogP contribution in [-0.4, -0.2) is 29.4 Å². The molecule has 0 aliphatic rings. The molecule has 1 heterocycles. The van der Waals surface area contributed by atoms with Crippen molar-refractivity contribution in [2.75, 3.05) is 13.2 Å². The molecule has 6 heteroatoms. The van der Waals surface area contributed by atoms with E-state index in [0.29, 0.717) is 22.6 Å². The molecule has 0 bridgehead atoms. The molecule has 0 aliphatic heterocycles. The number of carbonyl (C=O) groups excluding carboxylic acids is 1. The van der Waals surface area contributed by atoms with Crippen LogP contribution in [-0.2, 0) is 4.74 Å². The lowest BCUT2D eigenvalue weighted by Gasteiger charge is -2.13. The van der Waals surface area contributed by atoms with Crippen LogP contribution in [0.2, 0.25) is 0 Å². The van der Waals surface area contributed by atoms with Gasteiger partial charge in [0.2, 0.25) is 0 Å². The monoisotopic (exact) mass is 412 g/mol. The van der Waals surface area contributed by atoms with Crippen LogP contribution < -0.4 is 10.3 Å². The molecule has 4 aromatic rings. The Kier molecular flexibility index (Phi) is 6.18. The second-order valence-electron chi connectivity index (χ2n) is 6.68. The van der Waals surface area contributed by atoms with Crippen LogP contribution in [0.25, 0.3) is 22.4 Å². The van der Waals surface area contributed by atoms with Crippen LogP contribution >= 0.6 is 0 Å². The topological polar surface area (TPSA) is 81.3 Å². The number of nitrogens with one attached hydrogen (secondary N) is 1. The second kappa shape index (κ2) is 9.54. The summed E-state index contributed by atoms with van der Waals surface area (Å²) in [6.07, 6.45) is 0. The Bertz CT molecular complexity index is 1210. The van der Waals surface area contributed by atoms with E-state index in [1.165, 1.54) is 0 Å². The molecule has 0 unspecified atom stereocenters. The van der Waals surface area contributed by atoms with E-state index < -0.39 is 11.5 Å². The van der Waals surface area contributed by atoms with E-state index >= 15 is 0 Å². The van der Waals surface area contributed by atoms with Crippen molar-refractivity contribution in [3.05, 3.63) is 107 Å². The minimum atomic E-state index is -0.726. The van der Waals surface area contributed by atoms with Gasteiger partial charge in [-0.1, -0.05) is 78.9 Å². The lowest BCUT2D eigenvalue weighted by Crippen LogP contribution is -2.24. The van der Waals surface area contributed by atoms with E-state index in [0.717, 1.165) is 5.56 Å². The van der Waals surface area contributed by atoms with Crippen molar-refractivity contribution < 1.29 is 14.3 Å². The molecule has 0 aliphatic carbocycles. The number of ether oxygens (including phenoxy) is 2. The first-order chi connectivity index (χ1) is 15.2. The number of aromatic nitrogens is 2. The first-order valence-electron chi connectivity index (χ1n) is 9.82. The number of benzene rings is 3. The molecule has 0 amide bonds. The zero-order chi connectivity index (χ0) is 21.5. The van der Waals surface area contributed by atoms with Gasteiger partial charge in [0, 0.05) is 11.1 Å². The lowest BCUT2D eigenvalue weighted by atomic mass is 9.95. The number of esters is 1. The standard InChI is InChI=1S/C25H20N2O4/c28-24-22(25(29)31-17-16-30-20-14-8-3-9-15-20)21(18-10-4-1-5-11-18)23(26-27-24)19-12-6-2-7-13-19/h1-15H,16-17H2,(H,27,28). The Labute approximate surface area is 179 Å². The molecule has 0 atom stereocenters. The fourth-order valence-corrected chi connectivity index (χ4v) is 3.22. The van der Waals surface area contributed by atoms with Crippen LogP contribution in [0.3, 0.4) is 0 Å². The summed E-state index contributed by atoms with van der Waals surface area (Å²) in [5.74, 6) is -0.0482. The van der Waals surface area contributed by atoms with Gasteiger partial charge in [0.1, 0.15) is 24.5 Å². The fourth-order valence-electron chi connectivity index (χ4n) is 3.22. The molecule has 31 heavy (non-hydrogen) atoms. The van der Waals surface area contributed by atoms with E-state index in [4.69, 9.17) is 9.47 Å². The van der Waals surface area contributed by atoms with Crippen molar-refractivity contribution in [1.82, 2.24) is 10.2 Å². The molecule has 154 valence electrons. The highest BCUT2D eigenvalue weighted by atomic mass is 16.6. The van der Waals surface area contributed by atoms with Gasteiger partial charge in [-0.15, -0.1) is 0 Å². The Balaban J connectivity index is 1.65. The van der Waals surface area contributed by atoms with Gasteiger partial charge >= 0.3 is 5.97 Å². The van der Waals surface area contributed by atoms with Crippen molar-refractivity contribution in [3.8, 4) is 28.1 Å². The molecular formula is C25H20N2O4. The zero-order valence-electron chi connectivity index (χ0n) is 16.7. The van der Waals surface area contributed by atoms with Crippen LogP contribution in [0.4, 0.5) is 0 Å². The molecule has 0 spiro atoms. The maximum Gasteiger partial charge on any atom is 0.344 e. The van der Waals surface area contributed by atoms with Gasteiger partial charge in [0.25, 0.3) is 5.56 Å². The quantitative estimate of drug-likeness (QED) is 0.361. The predicted molar refractivity (Wildman–Crippen MR) is 118 cm³/mol. The number of hydrogen-bond donors (Lipinski definition) is 1. The van der Waals surface area contributed by atoms with Crippen molar-refractivity contribution in [2.24, 2.45) is 0 Å². The summed E-state index contributed by atoms with van der Waals surface area (Å²) >= 11 is 0. The molecule has 3 aromatic carbocycles. The van der Waals surface area contributed by atoms with E-state index in [-0.39, 0.29) is 18.8 Å². The molecule has 0 saturated carbocycles. The number of hydrogen-bond acceptors (Lipinski definition) is 5. The van der Waals surface area contributed by atoms with Gasteiger partial charge in [-0.05, 0) is 17.7 Å². The molecule has 0 fully saturated rings. The van der Waals surface area contributed by atoms with Crippen LogP contribution in [0.1, 0.15) is 10.4 Å². The van der Waals surface area contributed by atoms with Gasteiger partial charge in [0.05, 0.1) is 5.69 Å². The first-order valence-corrected chi connectivity index (χ1v) is 9.82. The van der Waals surface area contributed by atoms with Crippen molar-refractivity contribution in [1.29, 1.82) is 0 Å². The number of nitrogens with zero attached hydrogens (tertiary/aromatic N) is 1. The summed E-state index contributed by atoms with van der Waals surface area (Å²) in [4.78, 5) is 25.6. The van der Waals surface area contributed by atoms with Gasteiger partial charge in [-0.3, -0.25) is 4.79 Å². The van der Waals surface area contributed by atoms with Crippen molar-refractivity contribution in [2.45, 2.75) is 0 Å². The molecule has 4 rings (SSSR count). The third-order valence-electron chi connectivity index (χ3n) is 4.63. The largest absolute Gasteiger partial charge is 0.490 e. The number of para-hydroxylation sites is 1. The Morgan fingerprint density at radius 2 is 1.35 bits per heavy atom. The average molecular weight is 412 g/mol. The van der Waals surface area contributed by atoms with Crippen molar-refractivity contribution >= 4 is 5.97 Å². The second-order valence-corrected chi connectivity index (χ2v) is 6.68. The third kappa shape index (κ3) is 4.70. The Morgan fingerprint density at radius 1 is 0.774 bits per heavy atom. The summed E-state index contributed by atoms with van der Waals surface area (Å²) in [7, 11) is 0. The van der Waals surface area contributed by atoms with E-state index in [2.05, 4.69) is 10.2 Å². The summed E-state index contributed by atoms with van der Waals surface area (Å²) < 4.78 is 10.9. The minimum Gasteiger partial charge on any atom is -0.490 e. The summed E-state index contributed by atoms with van der Waals surface area (Å²) in [5, 5.41) is 6.67. The van der Waals surface area contributed by atoms with Crippen LogP contribution in [0.15, 0.2) is 95.8 Å². The van der Waals surface area contributed by atoms with Crippen LogP contribution in [0.5, 0.6) is 5.75 Å². The van der Waals surface area contributed by atoms with E-state index in [1.807, 2.05) is 91.0 Å². The highest BCUT2D eigenvalue weighted by Gasteiger charge is 2.24. The molecule has 0 radical (unpaired) electrons. The maximum absolute atomic E-state index is 12.9. The maximum atomic E-state index is 12.9. The number of rotatable bonds is 7. The Morgan fingerprint density at radius 3 is 2.00 bits per heavy atom. The molecule has 6 nitrogen and oxygen atoms in total. The minimum absolute atomic E-state index is 0.00436. The van der Waals surface area contributed by atoms with E-state index in [1.54, 1.807) is 0 Å². The highest BCUT2D eigenvalue weighted by Crippen LogP contribution is 2.31. The molecule has 0 saturated heterocycles. The number of aromatic amines is 1. The summed E-state index contributed by atoms with van der Waals surface area (Å²) in [6, 6.07) is 27.8. The summed E-state index contributed by atoms with van der Waals surface area (Å²) in [5.41, 5.74) is 1.72. The van der Waals surface area contributed by atoms with Gasteiger partial charge in [-0.2, -0.15) is 5.10 Å². The molecular weight excluding hydrogens is 392 g/mol. The van der Waals surface area contributed by atoms with E-state index in [9.17, 15) is 9.59 Å². The molecule has 1 N–H and O–H groups in total. The van der Waals surface area contributed by atoms with Crippen LogP contribution in [0, 0.1) is 0 Å². The van der Waals surface area contributed by atoms with Crippen molar-refractivity contribution in [3.63, 3.8) is 0 Å². The van der Waals surface area contributed by atoms with Gasteiger partial charge in [0.15, 0.2) is 0 Å².